The molecule has 0 aromatic carbocycles. The molecule has 1 N–H and O–H groups in total. The van der Waals surface area contributed by atoms with E-state index >= 15 is 0 Å². The molecule has 1 aliphatic rings. The predicted molar refractivity (Wildman–Crippen MR) is 55.4 cm³/mol. The second-order valence-corrected chi connectivity index (χ2v) is 4.61. The molecule has 0 heterocycles. The zero-order chi connectivity index (χ0) is 10.0. The van der Waals surface area contributed by atoms with E-state index in [-0.39, 0.29) is 6.23 Å². The van der Waals surface area contributed by atoms with Crippen LogP contribution in [0.5, 0.6) is 0 Å². The molecule has 1 saturated carbocycles. The quantitative estimate of drug-likeness (QED) is 0.678. The Hall–Kier alpha value is -0.0800. The zero-order valence-corrected chi connectivity index (χ0v) is 9.33. The topological polar surface area (TPSA) is 23.5 Å². The Kier molecular flexibility index (Phi) is 3.74. The van der Waals surface area contributed by atoms with E-state index < -0.39 is 0 Å². The highest BCUT2D eigenvalue weighted by Gasteiger charge is 2.37. The normalized spacial score (nSPS) is 30.7. The van der Waals surface area contributed by atoms with Crippen molar-refractivity contribution in [2.45, 2.75) is 52.3 Å². The van der Waals surface area contributed by atoms with Gasteiger partial charge in [0.15, 0.2) is 0 Å². The molecule has 0 saturated heterocycles. The fourth-order valence-corrected chi connectivity index (χ4v) is 2.30. The summed E-state index contributed by atoms with van der Waals surface area (Å²) in [6.07, 6.45) is 3.18. The first-order valence-corrected chi connectivity index (χ1v) is 5.48. The van der Waals surface area contributed by atoms with Gasteiger partial charge >= 0.3 is 0 Å². The number of rotatable bonds is 4. The van der Waals surface area contributed by atoms with Crippen LogP contribution in [-0.4, -0.2) is 29.3 Å². The Morgan fingerprint density at radius 3 is 2.31 bits per heavy atom. The number of hydrogen-bond donors (Lipinski definition) is 1. The summed E-state index contributed by atoms with van der Waals surface area (Å²) in [6.45, 7) is 6.59. The molecule has 0 bridgehead atoms. The average molecular weight is 185 g/mol. The predicted octanol–water partition coefficient (Wildman–Crippen LogP) is 2.08. The Labute approximate surface area is 81.9 Å². The van der Waals surface area contributed by atoms with Crippen molar-refractivity contribution < 1.29 is 5.11 Å². The lowest BCUT2D eigenvalue weighted by Crippen LogP contribution is -2.51. The van der Waals surface area contributed by atoms with Crippen molar-refractivity contribution in [2.75, 3.05) is 7.05 Å². The summed E-state index contributed by atoms with van der Waals surface area (Å²) in [7, 11) is 2.05. The van der Waals surface area contributed by atoms with Gasteiger partial charge in [-0.05, 0) is 38.1 Å². The highest BCUT2D eigenvalue weighted by atomic mass is 16.3. The number of aliphatic hydroxyl groups excluding tert-OH is 1. The van der Waals surface area contributed by atoms with Crippen molar-refractivity contribution in [3.63, 3.8) is 0 Å². The lowest BCUT2D eigenvalue weighted by molar-refractivity contribution is -0.0634. The van der Waals surface area contributed by atoms with E-state index in [1.54, 1.807) is 0 Å². The average Bonchev–Trinajstić information content (AvgIpc) is 1.99. The second-order valence-electron chi connectivity index (χ2n) is 4.61. The Morgan fingerprint density at radius 2 is 2.00 bits per heavy atom. The summed E-state index contributed by atoms with van der Waals surface area (Å²) in [6, 6.07) is 0.620. The van der Waals surface area contributed by atoms with Gasteiger partial charge in [0, 0.05) is 6.04 Å². The Bertz CT molecular complexity index is 158. The lowest BCUT2D eigenvalue weighted by Gasteiger charge is -2.46. The van der Waals surface area contributed by atoms with Gasteiger partial charge in [-0.2, -0.15) is 0 Å². The van der Waals surface area contributed by atoms with Crippen molar-refractivity contribution in [2.24, 2.45) is 11.8 Å². The maximum absolute atomic E-state index is 9.69. The summed E-state index contributed by atoms with van der Waals surface area (Å²) in [5.74, 6) is 1.55. The van der Waals surface area contributed by atoms with E-state index in [9.17, 15) is 5.11 Å². The molecule has 3 unspecified atom stereocenters. The van der Waals surface area contributed by atoms with Gasteiger partial charge in [0.1, 0.15) is 6.23 Å². The van der Waals surface area contributed by atoms with Gasteiger partial charge in [-0.25, -0.2) is 0 Å². The summed E-state index contributed by atoms with van der Waals surface area (Å²) < 4.78 is 0. The van der Waals surface area contributed by atoms with Crippen LogP contribution in [-0.2, 0) is 0 Å². The van der Waals surface area contributed by atoms with E-state index in [4.69, 9.17) is 0 Å². The summed E-state index contributed by atoms with van der Waals surface area (Å²) >= 11 is 0. The highest BCUT2D eigenvalue weighted by molar-refractivity contribution is 4.89. The van der Waals surface area contributed by atoms with E-state index in [1.165, 1.54) is 12.8 Å². The molecule has 0 aliphatic heterocycles. The van der Waals surface area contributed by atoms with Gasteiger partial charge in [-0.1, -0.05) is 20.8 Å². The van der Waals surface area contributed by atoms with Gasteiger partial charge < -0.3 is 5.11 Å². The standard InChI is InChI=1S/C11H23NO/c1-5-11(13)12(4)10-7-6-9(10)8(2)3/h8-11,13H,5-7H2,1-4H3. The zero-order valence-electron chi connectivity index (χ0n) is 9.33. The van der Waals surface area contributed by atoms with Crippen LogP contribution in [0, 0.1) is 11.8 Å². The number of nitrogens with zero attached hydrogens (tertiary/aromatic N) is 1. The molecule has 1 fully saturated rings. The van der Waals surface area contributed by atoms with Crippen LogP contribution in [0.3, 0.4) is 0 Å². The second kappa shape index (κ2) is 4.43. The molecular formula is C11H23NO. The largest absolute Gasteiger partial charge is 0.378 e. The van der Waals surface area contributed by atoms with E-state index in [1.807, 2.05) is 14.0 Å². The molecule has 3 atom stereocenters. The van der Waals surface area contributed by atoms with Crippen molar-refractivity contribution in [3.05, 3.63) is 0 Å². The van der Waals surface area contributed by atoms with E-state index in [0.717, 1.165) is 18.3 Å². The van der Waals surface area contributed by atoms with Crippen LogP contribution in [0.4, 0.5) is 0 Å². The number of hydrogen-bond acceptors (Lipinski definition) is 2. The van der Waals surface area contributed by atoms with Crippen molar-refractivity contribution in [3.8, 4) is 0 Å². The Balaban J connectivity index is 2.43. The van der Waals surface area contributed by atoms with Crippen LogP contribution in [0.2, 0.25) is 0 Å². The summed E-state index contributed by atoms with van der Waals surface area (Å²) in [5, 5.41) is 9.69. The Morgan fingerprint density at radius 1 is 1.38 bits per heavy atom. The summed E-state index contributed by atoms with van der Waals surface area (Å²) in [4.78, 5) is 2.15. The third-order valence-electron chi connectivity index (χ3n) is 3.50. The minimum atomic E-state index is -0.244. The van der Waals surface area contributed by atoms with Crippen molar-refractivity contribution in [1.82, 2.24) is 4.90 Å². The molecule has 78 valence electrons. The highest BCUT2D eigenvalue weighted by Crippen LogP contribution is 2.37. The molecule has 1 aliphatic carbocycles. The molecule has 0 spiro atoms. The molecule has 2 nitrogen and oxygen atoms in total. The fraction of sp³-hybridized carbons (Fsp3) is 1.00. The maximum atomic E-state index is 9.69. The maximum Gasteiger partial charge on any atom is 0.107 e. The fourth-order valence-electron chi connectivity index (χ4n) is 2.30. The van der Waals surface area contributed by atoms with Crippen molar-refractivity contribution >= 4 is 0 Å². The minimum absolute atomic E-state index is 0.244. The molecule has 2 heteroatoms. The van der Waals surface area contributed by atoms with Crippen LogP contribution in [0.25, 0.3) is 0 Å². The van der Waals surface area contributed by atoms with Crippen LogP contribution >= 0.6 is 0 Å². The third-order valence-corrected chi connectivity index (χ3v) is 3.50. The molecular weight excluding hydrogens is 162 g/mol. The van der Waals surface area contributed by atoms with E-state index in [2.05, 4.69) is 18.7 Å². The van der Waals surface area contributed by atoms with Crippen LogP contribution in [0.1, 0.15) is 40.0 Å². The SMILES string of the molecule is CCC(O)N(C)C1CCC1C(C)C. The minimum Gasteiger partial charge on any atom is -0.378 e. The molecule has 0 aromatic rings. The van der Waals surface area contributed by atoms with Gasteiger partial charge in [0.05, 0.1) is 0 Å². The van der Waals surface area contributed by atoms with Crippen LogP contribution in [0.15, 0.2) is 0 Å². The first-order valence-electron chi connectivity index (χ1n) is 5.48. The molecule has 13 heavy (non-hydrogen) atoms. The van der Waals surface area contributed by atoms with Gasteiger partial charge in [0.25, 0.3) is 0 Å². The van der Waals surface area contributed by atoms with Gasteiger partial charge in [0.2, 0.25) is 0 Å². The smallest absolute Gasteiger partial charge is 0.107 e. The van der Waals surface area contributed by atoms with Crippen LogP contribution < -0.4 is 0 Å². The first-order chi connectivity index (χ1) is 6.07. The summed E-state index contributed by atoms with van der Waals surface area (Å²) in [5.41, 5.74) is 0. The monoisotopic (exact) mass is 185 g/mol. The van der Waals surface area contributed by atoms with E-state index in [0.29, 0.717) is 6.04 Å². The first kappa shape index (κ1) is 11.0. The van der Waals surface area contributed by atoms with Gasteiger partial charge in [-0.15, -0.1) is 0 Å². The molecule has 1 rings (SSSR count). The molecule has 0 aromatic heterocycles. The van der Waals surface area contributed by atoms with Crippen molar-refractivity contribution in [1.29, 1.82) is 0 Å². The lowest BCUT2D eigenvalue weighted by atomic mass is 9.72. The van der Waals surface area contributed by atoms with Gasteiger partial charge in [-0.3, -0.25) is 4.90 Å². The molecule has 0 radical (unpaired) electrons. The third kappa shape index (κ3) is 2.23. The number of aliphatic hydroxyl groups is 1. The molecule has 0 amide bonds.